The smallest absolute Gasteiger partial charge is 0.344 e. The molecule has 8 nitrogen and oxygen atoms in total. The lowest BCUT2D eigenvalue weighted by Gasteiger charge is -2.26. The Morgan fingerprint density at radius 3 is 2.36 bits per heavy atom. The zero-order chi connectivity index (χ0) is 24.9. The third kappa shape index (κ3) is 5.05. The lowest BCUT2D eigenvalue weighted by molar-refractivity contribution is -0.146. The normalized spacial score (nSPS) is 14.2. The number of esters is 1. The van der Waals surface area contributed by atoms with Crippen molar-refractivity contribution in [1.82, 2.24) is 9.47 Å². The number of carbonyl (C=O) groups is 2. The van der Waals surface area contributed by atoms with Gasteiger partial charge in [0.05, 0.1) is 29.6 Å². The molecule has 0 unspecified atom stereocenters. The van der Waals surface area contributed by atoms with Gasteiger partial charge in [-0.1, -0.05) is 42.5 Å². The molecule has 1 saturated heterocycles. The Balaban J connectivity index is 1.42. The van der Waals surface area contributed by atoms with Crippen molar-refractivity contribution < 1.29 is 23.8 Å². The van der Waals surface area contributed by atoms with E-state index in [1.54, 1.807) is 12.1 Å². The van der Waals surface area contributed by atoms with Gasteiger partial charge in [-0.05, 0) is 29.8 Å². The summed E-state index contributed by atoms with van der Waals surface area (Å²) in [6.45, 7) is 4.42. The van der Waals surface area contributed by atoms with Gasteiger partial charge in [-0.3, -0.25) is 9.69 Å². The predicted molar refractivity (Wildman–Crippen MR) is 137 cm³/mol. The highest BCUT2D eigenvalue weighted by Crippen LogP contribution is 2.38. The second-order valence-electron chi connectivity index (χ2n) is 8.75. The van der Waals surface area contributed by atoms with Gasteiger partial charge < -0.3 is 24.5 Å². The molecular weight excluding hydrogens is 458 g/mol. The van der Waals surface area contributed by atoms with E-state index in [-0.39, 0.29) is 6.61 Å². The fourth-order valence-electron chi connectivity index (χ4n) is 4.71. The molecular formula is C28H29N3O5. The molecule has 4 aromatic rings. The minimum Gasteiger partial charge on any atom is -0.481 e. The van der Waals surface area contributed by atoms with Gasteiger partial charge in [-0.2, -0.15) is 0 Å². The number of nitrogens with two attached hydrogens (primary N) is 1. The van der Waals surface area contributed by atoms with Crippen LogP contribution in [-0.4, -0.2) is 67.4 Å². The van der Waals surface area contributed by atoms with Crippen molar-refractivity contribution in [2.24, 2.45) is 5.73 Å². The molecule has 3 aromatic carbocycles. The van der Waals surface area contributed by atoms with Crippen LogP contribution in [0.4, 0.5) is 0 Å². The van der Waals surface area contributed by atoms with E-state index in [1.807, 2.05) is 42.5 Å². The van der Waals surface area contributed by atoms with Crippen molar-refractivity contribution in [1.29, 1.82) is 0 Å². The van der Waals surface area contributed by atoms with Gasteiger partial charge in [0.25, 0.3) is 0 Å². The van der Waals surface area contributed by atoms with Crippen LogP contribution in [0.15, 0.2) is 66.7 Å². The maximum Gasteiger partial charge on any atom is 0.344 e. The fourth-order valence-corrected chi connectivity index (χ4v) is 4.71. The molecule has 0 atom stereocenters. The molecule has 0 saturated carbocycles. The molecule has 0 aliphatic carbocycles. The molecule has 1 aromatic heterocycles. The third-order valence-electron chi connectivity index (χ3n) is 6.45. The molecule has 0 bridgehead atoms. The lowest BCUT2D eigenvalue weighted by Crippen LogP contribution is -2.38. The number of carbonyl (C=O) groups excluding carboxylic acids is 2. The van der Waals surface area contributed by atoms with Gasteiger partial charge in [0, 0.05) is 37.1 Å². The average molecular weight is 488 g/mol. The van der Waals surface area contributed by atoms with E-state index in [9.17, 15) is 9.59 Å². The summed E-state index contributed by atoms with van der Waals surface area (Å²) in [5.41, 5.74) is 9.04. The highest BCUT2D eigenvalue weighted by molar-refractivity contribution is 6.19. The number of ether oxygens (including phenoxy) is 3. The van der Waals surface area contributed by atoms with Crippen LogP contribution in [-0.2, 0) is 20.8 Å². The van der Waals surface area contributed by atoms with Gasteiger partial charge >= 0.3 is 5.97 Å². The molecule has 2 heterocycles. The molecule has 1 fully saturated rings. The summed E-state index contributed by atoms with van der Waals surface area (Å²) in [6.07, 6.45) is 0. The van der Waals surface area contributed by atoms with Gasteiger partial charge in [0.1, 0.15) is 12.4 Å². The summed E-state index contributed by atoms with van der Waals surface area (Å²) < 4.78 is 18.8. The number of primary amides is 1. The molecule has 2 N–H and O–H groups in total. The summed E-state index contributed by atoms with van der Waals surface area (Å²) in [5, 5.41) is 1.46. The van der Waals surface area contributed by atoms with E-state index in [0.717, 1.165) is 35.1 Å². The number of fused-ring (bicyclic) bond motifs is 3. The highest BCUT2D eigenvalue weighted by Gasteiger charge is 2.20. The molecule has 8 heteroatoms. The molecule has 0 radical (unpaired) electrons. The summed E-state index contributed by atoms with van der Waals surface area (Å²) in [5.74, 6) is -0.455. The van der Waals surface area contributed by atoms with Crippen LogP contribution in [0.5, 0.6) is 5.75 Å². The average Bonchev–Trinajstić information content (AvgIpc) is 3.22. The Morgan fingerprint density at radius 2 is 1.61 bits per heavy atom. The largest absolute Gasteiger partial charge is 0.481 e. The number of benzene rings is 3. The second-order valence-corrected chi connectivity index (χ2v) is 8.75. The summed E-state index contributed by atoms with van der Waals surface area (Å²) in [4.78, 5) is 26.9. The SMILES string of the molecule is NC(=O)c1cccc2c1c1c(OCC(=O)OCCN3CCOCC3)cccc1n2Cc1ccccc1. The van der Waals surface area contributed by atoms with Crippen molar-refractivity contribution in [3.63, 3.8) is 0 Å². The Labute approximate surface area is 209 Å². The summed E-state index contributed by atoms with van der Waals surface area (Å²) >= 11 is 0. The molecule has 1 aliphatic heterocycles. The van der Waals surface area contributed by atoms with Crippen LogP contribution in [0.1, 0.15) is 15.9 Å². The zero-order valence-corrected chi connectivity index (χ0v) is 20.0. The van der Waals surface area contributed by atoms with Crippen LogP contribution in [0.25, 0.3) is 21.8 Å². The zero-order valence-electron chi connectivity index (χ0n) is 20.0. The molecule has 0 spiro atoms. The molecule has 36 heavy (non-hydrogen) atoms. The first-order valence-corrected chi connectivity index (χ1v) is 12.1. The quantitative estimate of drug-likeness (QED) is 0.364. The number of hydrogen-bond acceptors (Lipinski definition) is 6. The monoisotopic (exact) mass is 487 g/mol. The van der Waals surface area contributed by atoms with Crippen molar-refractivity contribution in [2.45, 2.75) is 6.54 Å². The lowest BCUT2D eigenvalue weighted by atomic mass is 10.1. The third-order valence-corrected chi connectivity index (χ3v) is 6.45. The van der Waals surface area contributed by atoms with Crippen LogP contribution in [0, 0.1) is 0 Å². The van der Waals surface area contributed by atoms with Gasteiger partial charge in [0.2, 0.25) is 5.91 Å². The van der Waals surface area contributed by atoms with Crippen molar-refractivity contribution >= 4 is 33.7 Å². The standard InChI is InChI=1S/C28H29N3O5/c29-28(33)21-8-4-9-22-26(21)27-23(31(22)18-20-6-2-1-3-7-20)10-5-11-24(27)36-19-25(32)35-17-14-30-12-15-34-16-13-30/h1-11H,12-19H2,(H2,29,33). The Morgan fingerprint density at radius 1 is 0.889 bits per heavy atom. The number of nitrogens with zero attached hydrogens (tertiary/aromatic N) is 2. The van der Waals surface area contributed by atoms with Gasteiger partial charge in [-0.15, -0.1) is 0 Å². The van der Waals surface area contributed by atoms with E-state index in [0.29, 0.717) is 49.6 Å². The van der Waals surface area contributed by atoms with E-state index in [2.05, 4.69) is 21.6 Å². The Hall–Kier alpha value is -3.88. The first kappa shape index (κ1) is 23.8. The second kappa shape index (κ2) is 10.8. The molecule has 1 aliphatic rings. The van der Waals surface area contributed by atoms with Gasteiger partial charge in [-0.25, -0.2) is 4.79 Å². The number of morpholine rings is 1. The van der Waals surface area contributed by atoms with E-state index in [1.165, 1.54) is 0 Å². The number of aromatic nitrogens is 1. The predicted octanol–water partition coefficient (Wildman–Crippen LogP) is 3.20. The topological polar surface area (TPSA) is 96.0 Å². The molecule has 5 rings (SSSR count). The Kier molecular flexibility index (Phi) is 7.16. The van der Waals surface area contributed by atoms with Crippen molar-refractivity contribution in [3.8, 4) is 5.75 Å². The Bertz CT molecular complexity index is 1380. The molecule has 186 valence electrons. The van der Waals surface area contributed by atoms with Gasteiger partial charge in [0.15, 0.2) is 6.61 Å². The summed E-state index contributed by atoms with van der Waals surface area (Å²) in [7, 11) is 0. The maximum absolute atomic E-state index is 12.4. The maximum atomic E-state index is 12.4. The fraction of sp³-hybridized carbons (Fsp3) is 0.286. The van der Waals surface area contributed by atoms with Crippen LogP contribution >= 0.6 is 0 Å². The summed E-state index contributed by atoms with van der Waals surface area (Å²) in [6, 6.07) is 21.3. The van der Waals surface area contributed by atoms with Crippen LogP contribution < -0.4 is 10.5 Å². The van der Waals surface area contributed by atoms with E-state index < -0.39 is 11.9 Å². The number of hydrogen-bond donors (Lipinski definition) is 1. The van der Waals surface area contributed by atoms with E-state index in [4.69, 9.17) is 19.9 Å². The highest BCUT2D eigenvalue weighted by atomic mass is 16.6. The number of amides is 1. The van der Waals surface area contributed by atoms with Crippen molar-refractivity contribution in [2.75, 3.05) is 46.1 Å². The first-order valence-electron chi connectivity index (χ1n) is 12.1. The first-order chi connectivity index (χ1) is 17.6. The van der Waals surface area contributed by atoms with E-state index >= 15 is 0 Å². The number of rotatable bonds is 9. The minimum atomic E-state index is -0.517. The van der Waals surface area contributed by atoms with Crippen molar-refractivity contribution in [3.05, 3.63) is 77.9 Å². The van der Waals surface area contributed by atoms with Crippen LogP contribution in [0.2, 0.25) is 0 Å². The minimum absolute atomic E-state index is 0.230. The molecule has 1 amide bonds. The van der Waals surface area contributed by atoms with Crippen LogP contribution in [0.3, 0.4) is 0 Å².